The van der Waals surface area contributed by atoms with Gasteiger partial charge in [-0.2, -0.15) is 0 Å². The lowest BCUT2D eigenvalue weighted by molar-refractivity contribution is -0.0984. The van der Waals surface area contributed by atoms with Crippen LogP contribution in [0.2, 0.25) is 0 Å². The van der Waals surface area contributed by atoms with Crippen LogP contribution >= 0.6 is 0 Å². The van der Waals surface area contributed by atoms with Crippen LogP contribution in [0, 0.1) is 5.92 Å². The second-order valence-corrected chi connectivity index (χ2v) is 8.94. The number of benzene rings is 1. The van der Waals surface area contributed by atoms with Gasteiger partial charge in [-0.1, -0.05) is 75.8 Å². The number of hydrazine groups is 1. The first-order valence-electron chi connectivity index (χ1n) is 11.9. The summed E-state index contributed by atoms with van der Waals surface area (Å²) in [5.41, 5.74) is 1.51. The van der Waals surface area contributed by atoms with E-state index in [4.69, 9.17) is 0 Å². The molecular weight excluding hydrogens is 328 g/mol. The quantitative estimate of drug-likeness (QED) is 0.436. The third-order valence-corrected chi connectivity index (χ3v) is 6.86. The zero-order valence-electron chi connectivity index (χ0n) is 17.7. The third-order valence-electron chi connectivity index (χ3n) is 6.86. The minimum absolute atomic E-state index is 0.838. The van der Waals surface area contributed by atoms with E-state index in [-0.39, 0.29) is 0 Å². The lowest BCUT2D eigenvalue weighted by atomic mass is 9.91. The number of unbranched alkanes of at least 4 members (excludes halogenated alkanes) is 3. The van der Waals surface area contributed by atoms with Crippen molar-refractivity contribution in [3.05, 3.63) is 35.9 Å². The maximum atomic E-state index is 2.80. The molecule has 0 aliphatic carbocycles. The molecule has 2 aliphatic rings. The van der Waals surface area contributed by atoms with Crippen molar-refractivity contribution in [2.24, 2.45) is 5.92 Å². The van der Waals surface area contributed by atoms with Gasteiger partial charge in [-0.15, -0.1) is 0 Å². The van der Waals surface area contributed by atoms with Crippen LogP contribution in [-0.2, 0) is 6.42 Å². The molecule has 1 unspecified atom stereocenters. The SMILES string of the molecule is CCCCCCC1CCCCN1N1CCC(CCCc2ccccc2)CC1. The van der Waals surface area contributed by atoms with Crippen molar-refractivity contribution >= 4 is 0 Å². The van der Waals surface area contributed by atoms with E-state index in [1.165, 1.54) is 109 Å². The summed E-state index contributed by atoms with van der Waals surface area (Å²) in [6.45, 7) is 6.25. The van der Waals surface area contributed by atoms with E-state index in [2.05, 4.69) is 47.3 Å². The summed E-state index contributed by atoms with van der Waals surface area (Å²) in [5.74, 6) is 0.956. The molecule has 0 aromatic heterocycles. The highest BCUT2D eigenvalue weighted by molar-refractivity contribution is 5.14. The molecule has 1 aromatic carbocycles. The second-order valence-electron chi connectivity index (χ2n) is 8.94. The Bertz CT molecular complexity index is 492. The standard InChI is InChI=1S/C25H42N2/c1-2-3-4-8-16-25-17-9-10-20-27(25)26-21-18-24(19-22-26)15-11-14-23-12-6-5-7-13-23/h5-7,12-13,24-25H,2-4,8-11,14-22H2,1H3. The molecule has 152 valence electrons. The largest absolute Gasteiger partial charge is 0.242 e. The summed E-state index contributed by atoms with van der Waals surface area (Å²) in [6, 6.07) is 11.9. The fourth-order valence-corrected chi connectivity index (χ4v) is 5.16. The lowest BCUT2D eigenvalue weighted by Crippen LogP contribution is -2.53. The molecule has 0 bridgehead atoms. The topological polar surface area (TPSA) is 6.48 Å². The number of piperidine rings is 2. The van der Waals surface area contributed by atoms with E-state index in [1.54, 1.807) is 0 Å². The van der Waals surface area contributed by atoms with Gasteiger partial charge in [0.15, 0.2) is 0 Å². The molecule has 0 spiro atoms. The fraction of sp³-hybridized carbons (Fsp3) is 0.760. The minimum Gasteiger partial charge on any atom is -0.242 e. The summed E-state index contributed by atoms with van der Waals surface area (Å²) in [4.78, 5) is 0. The number of aryl methyl sites for hydroxylation is 1. The van der Waals surface area contributed by atoms with Crippen molar-refractivity contribution in [3.8, 4) is 0 Å². The van der Waals surface area contributed by atoms with Crippen molar-refractivity contribution in [2.45, 2.75) is 96.4 Å². The Morgan fingerprint density at radius 3 is 2.41 bits per heavy atom. The van der Waals surface area contributed by atoms with Gasteiger partial charge >= 0.3 is 0 Å². The average molecular weight is 371 g/mol. The number of hydrogen-bond donors (Lipinski definition) is 0. The van der Waals surface area contributed by atoms with Crippen LogP contribution in [0.25, 0.3) is 0 Å². The fourth-order valence-electron chi connectivity index (χ4n) is 5.16. The van der Waals surface area contributed by atoms with Crippen LogP contribution in [0.15, 0.2) is 30.3 Å². The smallest absolute Gasteiger partial charge is 0.0245 e. The number of rotatable bonds is 10. The molecule has 0 radical (unpaired) electrons. The first-order chi connectivity index (χ1) is 13.4. The molecule has 2 aliphatic heterocycles. The molecule has 3 rings (SSSR count). The maximum Gasteiger partial charge on any atom is 0.0245 e. The summed E-state index contributed by atoms with van der Waals surface area (Å²) in [5, 5.41) is 5.55. The number of nitrogens with zero attached hydrogens (tertiary/aromatic N) is 2. The van der Waals surface area contributed by atoms with Gasteiger partial charge in [0.25, 0.3) is 0 Å². The van der Waals surface area contributed by atoms with Crippen molar-refractivity contribution < 1.29 is 0 Å². The number of hydrogen-bond acceptors (Lipinski definition) is 2. The van der Waals surface area contributed by atoms with Crippen LogP contribution in [0.5, 0.6) is 0 Å². The summed E-state index contributed by atoms with van der Waals surface area (Å²) >= 11 is 0. The first-order valence-corrected chi connectivity index (χ1v) is 11.9. The van der Waals surface area contributed by atoms with E-state index < -0.39 is 0 Å². The van der Waals surface area contributed by atoms with Gasteiger partial charge in [0.2, 0.25) is 0 Å². The van der Waals surface area contributed by atoms with Gasteiger partial charge < -0.3 is 0 Å². The van der Waals surface area contributed by atoms with Crippen LogP contribution in [-0.4, -0.2) is 35.7 Å². The Kier molecular flexibility index (Phi) is 9.17. The summed E-state index contributed by atoms with van der Waals surface area (Å²) < 4.78 is 0. The van der Waals surface area contributed by atoms with Gasteiger partial charge in [0.1, 0.15) is 0 Å². The van der Waals surface area contributed by atoms with E-state index in [0.717, 1.165) is 12.0 Å². The molecule has 2 saturated heterocycles. The highest BCUT2D eigenvalue weighted by atomic mass is 15.6. The monoisotopic (exact) mass is 370 g/mol. The van der Waals surface area contributed by atoms with E-state index in [0.29, 0.717) is 0 Å². The highest BCUT2D eigenvalue weighted by Gasteiger charge is 2.29. The predicted molar refractivity (Wildman–Crippen MR) is 117 cm³/mol. The minimum atomic E-state index is 0.838. The van der Waals surface area contributed by atoms with Crippen molar-refractivity contribution in [2.75, 3.05) is 19.6 Å². The molecule has 0 amide bonds. The van der Waals surface area contributed by atoms with Gasteiger partial charge in [0.05, 0.1) is 0 Å². The molecule has 1 atom stereocenters. The molecular formula is C25H42N2. The van der Waals surface area contributed by atoms with Crippen LogP contribution in [0.3, 0.4) is 0 Å². The average Bonchev–Trinajstić information content (AvgIpc) is 2.73. The summed E-state index contributed by atoms with van der Waals surface area (Å²) in [7, 11) is 0. The van der Waals surface area contributed by atoms with Gasteiger partial charge in [-0.25, -0.2) is 10.0 Å². The van der Waals surface area contributed by atoms with Crippen molar-refractivity contribution in [1.82, 2.24) is 10.0 Å². The molecule has 1 aromatic rings. The van der Waals surface area contributed by atoms with Crippen molar-refractivity contribution in [3.63, 3.8) is 0 Å². The van der Waals surface area contributed by atoms with E-state index >= 15 is 0 Å². The Labute approximate surface area is 168 Å². The van der Waals surface area contributed by atoms with Crippen LogP contribution < -0.4 is 0 Å². The Hall–Kier alpha value is -0.860. The molecule has 0 N–H and O–H groups in total. The van der Waals surface area contributed by atoms with Crippen LogP contribution in [0.4, 0.5) is 0 Å². The van der Waals surface area contributed by atoms with Gasteiger partial charge in [-0.3, -0.25) is 0 Å². The van der Waals surface area contributed by atoms with Crippen LogP contribution in [0.1, 0.15) is 89.5 Å². The maximum absolute atomic E-state index is 2.80. The van der Waals surface area contributed by atoms with Crippen molar-refractivity contribution in [1.29, 1.82) is 0 Å². The Balaban J connectivity index is 1.36. The molecule has 2 fully saturated rings. The van der Waals surface area contributed by atoms with E-state index in [1.807, 2.05) is 0 Å². The third kappa shape index (κ3) is 6.91. The molecule has 2 heteroatoms. The Morgan fingerprint density at radius 2 is 1.63 bits per heavy atom. The first kappa shape index (κ1) is 20.9. The molecule has 0 saturated carbocycles. The lowest BCUT2D eigenvalue weighted by Gasteiger charge is -2.46. The van der Waals surface area contributed by atoms with E-state index in [9.17, 15) is 0 Å². The zero-order valence-corrected chi connectivity index (χ0v) is 17.7. The molecule has 2 heterocycles. The van der Waals surface area contributed by atoms with Gasteiger partial charge in [-0.05, 0) is 56.4 Å². The highest BCUT2D eigenvalue weighted by Crippen LogP contribution is 2.29. The zero-order chi connectivity index (χ0) is 18.7. The summed E-state index contributed by atoms with van der Waals surface area (Å²) in [6.07, 6.45) is 18.2. The molecule has 2 nitrogen and oxygen atoms in total. The normalized spacial score (nSPS) is 22.9. The predicted octanol–water partition coefficient (Wildman–Crippen LogP) is 6.46. The Morgan fingerprint density at radius 1 is 0.815 bits per heavy atom. The van der Waals surface area contributed by atoms with Gasteiger partial charge in [0, 0.05) is 25.7 Å². The molecule has 27 heavy (non-hydrogen) atoms. The second kappa shape index (κ2) is 11.9.